The third-order valence-electron chi connectivity index (χ3n) is 3.94. The minimum absolute atomic E-state index is 0.571. The van der Waals surface area contributed by atoms with Crippen molar-refractivity contribution in [2.45, 2.75) is 32.3 Å². The quantitative estimate of drug-likeness (QED) is 0.782. The molecule has 2 aromatic carbocycles. The van der Waals surface area contributed by atoms with E-state index >= 15 is 0 Å². The van der Waals surface area contributed by atoms with Crippen molar-refractivity contribution in [1.29, 1.82) is 0 Å². The zero-order valence-electron chi connectivity index (χ0n) is 12.2. The zero-order valence-corrected chi connectivity index (χ0v) is 13.8. The lowest BCUT2D eigenvalue weighted by atomic mass is 9.92. The SMILES string of the molecule is COc1ccc(COc2ccc3c(c2)CCCC3)cc1Br. The molecule has 0 spiro atoms. The topological polar surface area (TPSA) is 18.5 Å². The molecule has 0 bridgehead atoms. The number of fused-ring (bicyclic) bond motifs is 1. The molecule has 0 fully saturated rings. The van der Waals surface area contributed by atoms with Crippen LogP contribution in [0.5, 0.6) is 11.5 Å². The van der Waals surface area contributed by atoms with E-state index in [9.17, 15) is 0 Å². The second kappa shape index (κ2) is 6.52. The summed E-state index contributed by atoms with van der Waals surface area (Å²) >= 11 is 3.50. The van der Waals surface area contributed by atoms with Gasteiger partial charge < -0.3 is 9.47 Å². The molecule has 2 aromatic rings. The standard InChI is InChI=1S/C18H19BrO2/c1-20-18-9-6-13(10-17(18)19)12-21-16-8-7-14-4-2-3-5-15(14)11-16/h6-11H,2-5,12H2,1H3. The van der Waals surface area contributed by atoms with Gasteiger partial charge in [-0.2, -0.15) is 0 Å². The maximum atomic E-state index is 5.92. The number of benzene rings is 2. The lowest BCUT2D eigenvalue weighted by Gasteiger charge is -2.17. The monoisotopic (exact) mass is 346 g/mol. The number of methoxy groups -OCH3 is 1. The highest BCUT2D eigenvalue weighted by Crippen LogP contribution is 2.28. The van der Waals surface area contributed by atoms with Gasteiger partial charge in [0.2, 0.25) is 0 Å². The zero-order chi connectivity index (χ0) is 14.7. The van der Waals surface area contributed by atoms with Gasteiger partial charge in [0.25, 0.3) is 0 Å². The first-order valence-electron chi connectivity index (χ1n) is 7.33. The number of halogens is 1. The molecule has 0 heterocycles. The van der Waals surface area contributed by atoms with Crippen molar-refractivity contribution in [3.63, 3.8) is 0 Å². The second-order valence-electron chi connectivity index (χ2n) is 5.40. The maximum absolute atomic E-state index is 5.92. The summed E-state index contributed by atoms with van der Waals surface area (Å²) in [6.07, 6.45) is 5.00. The molecular weight excluding hydrogens is 328 g/mol. The van der Waals surface area contributed by atoms with E-state index in [0.29, 0.717) is 6.61 Å². The number of rotatable bonds is 4. The summed E-state index contributed by atoms with van der Waals surface area (Å²) in [6.45, 7) is 0.571. The van der Waals surface area contributed by atoms with Gasteiger partial charge in [0, 0.05) is 0 Å². The van der Waals surface area contributed by atoms with Crippen LogP contribution in [0, 0.1) is 0 Å². The highest BCUT2D eigenvalue weighted by molar-refractivity contribution is 9.10. The van der Waals surface area contributed by atoms with Gasteiger partial charge in [-0.25, -0.2) is 0 Å². The van der Waals surface area contributed by atoms with Crippen LogP contribution in [0.15, 0.2) is 40.9 Å². The first kappa shape index (κ1) is 14.5. The summed E-state index contributed by atoms with van der Waals surface area (Å²) in [5, 5.41) is 0. The molecule has 3 rings (SSSR count). The third-order valence-corrected chi connectivity index (χ3v) is 4.56. The van der Waals surface area contributed by atoms with Crippen molar-refractivity contribution < 1.29 is 9.47 Å². The number of hydrogen-bond donors (Lipinski definition) is 0. The van der Waals surface area contributed by atoms with Gasteiger partial charge in [-0.3, -0.25) is 0 Å². The van der Waals surface area contributed by atoms with Gasteiger partial charge in [0.15, 0.2) is 0 Å². The van der Waals surface area contributed by atoms with Crippen LogP contribution in [-0.2, 0) is 19.4 Å². The molecule has 3 heteroatoms. The van der Waals surface area contributed by atoms with Crippen LogP contribution in [-0.4, -0.2) is 7.11 Å². The van der Waals surface area contributed by atoms with E-state index in [1.165, 1.54) is 36.8 Å². The molecule has 0 unspecified atom stereocenters. The number of aryl methyl sites for hydroxylation is 2. The molecule has 21 heavy (non-hydrogen) atoms. The minimum Gasteiger partial charge on any atom is -0.496 e. The van der Waals surface area contributed by atoms with Gasteiger partial charge in [-0.15, -0.1) is 0 Å². The molecular formula is C18H19BrO2. The summed E-state index contributed by atoms with van der Waals surface area (Å²) in [5.74, 6) is 1.80. The fourth-order valence-electron chi connectivity index (χ4n) is 2.77. The summed E-state index contributed by atoms with van der Waals surface area (Å²) < 4.78 is 12.1. The van der Waals surface area contributed by atoms with Crippen LogP contribution in [0.25, 0.3) is 0 Å². The van der Waals surface area contributed by atoms with E-state index in [1.54, 1.807) is 7.11 Å². The fraction of sp³-hybridized carbons (Fsp3) is 0.333. The van der Waals surface area contributed by atoms with E-state index in [-0.39, 0.29) is 0 Å². The molecule has 1 aliphatic carbocycles. The first-order chi connectivity index (χ1) is 10.3. The average Bonchev–Trinajstić information content (AvgIpc) is 2.53. The Labute approximate surface area is 134 Å². The van der Waals surface area contributed by atoms with Crippen LogP contribution in [0.3, 0.4) is 0 Å². The molecule has 1 aliphatic rings. The molecule has 110 valence electrons. The Hall–Kier alpha value is -1.48. The Bertz CT molecular complexity index is 637. The van der Waals surface area contributed by atoms with Crippen molar-refractivity contribution in [2.24, 2.45) is 0 Å². The highest BCUT2D eigenvalue weighted by atomic mass is 79.9. The van der Waals surface area contributed by atoms with E-state index < -0.39 is 0 Å². The van der Waals surface area contributed by atoms with Gasteiger partial charge in [-0.05, 0) is 82.6 Å². The predicted molar refractivity (Wildman–Crippen MR) is 88.1 cm³/mol. The smallest absolute Gasteiger partial charge is 0.133 e. The lowest BCUT2D eigenvalue weighted by molar-refractivity contribution is 0.305. The molecule has 0 aliphatic heterocycles. The molecule has 0 atom stereocenters. The summed E-state index contributed by atoms with van der Waals surface area (Å²) in [7, 11) is 1.67. The largest absolute Gasteiger partial charge is 0.496 e. The van der Waals surface area contributed by atoms with Gasteiger partial charge in [-0.1, -0.05) is 12.1 Å². The predicted octanol–water partition coefficient (Wildman–Crippen LogP) is 4.92. The fourth-order valence-corrected chi connectivity index (χ4v) is 3.35. The number of ether oxygens (including phenoxy) is 2. The average molecular weight is 347 g/mol. The summed E-state index contributed by atoms with van der Waals surface area (Å²) in [6, 6.07) is 12.5. The van der Waals surface area contributed by atoms with E-state index in [1.807, 2.05) is 18.2 Å². The van der Waals surface area contributed by atoms with Gasteiger partial charge in [0.1, 0.15) is 18.1 Å². The Kier molecular flexibility index (Phi) is 4.49. The van der Waals surface area contributed by atoms with Crippen molar-refractivity contribution in [3.05, 3.63) is 57.6 Å². The Morgan fingerprint density at radius 2 is 1.81 bits per heavy atom. The normalized spacial score (nSPS) is 13.6. The molecule has 0 N–H and O–H groups in total. The molecule has 0 amide bonds. The lowest BCUT2D eigenvalue weighted by Crippen LogP contribution is -2.03. The maximum Gasteiger partial charge on any atom is 0.133 e. The molecule has 0 aromatic heterocycles. The van der Waals surface area contributed by atoms with E-state index in [4.69, 9.17) is 9.47 Å². The molecule has 0 radical (unpaired) electrons. The van der Waals surface area contributed by atoms with Gasteiger partial charge in [0.05, 0.1) is 11.6 Å². The van der Waals surface area contributed by atoms with Crippen molar-refractivity contribution in [3.8, 4) is 11.5 Å². The Morgan fingerprint density at radius 3 is 2.57 bits per heavy atom. The highest BCUT2D eigenvalue weighted by Gasteiger charge is 2.10. The number of hydrogen-bond acceptors (Lipinski definition) is 2. The van der Waals surface area contributed by atoms with Crippen molar-refractivity contribution in [1.82, 2.24) is 0 Å². The van der Waals surface area contributed by atoms with Crippen LogP contribution >= 0.6 is 15.9 Å². The van der Waals surface area contributed by atoms with E-state index in [2.05, 4.69) is 34.1 Å². The summed E-state index contributed by atoms with van der Waals surface area (Å²) in [4.78, 5) is 0. The molecule has 0 saturated heterocycles. The van der Waals surface area contributed by atoms with Crippen molar-refractivity contribution in [2.75, 3.05) is 7.11 Å². The van der Waals surface area contributed by atoms with Gasteiger partial charge >= 0.3 is 0 Å². The van der Waals surface area contributed by atoms with Crippen molar-refractivity contribution >= 4 is 15.9 Å². The molecule has 0 saturated carbocycles. The Morgan fingerprint density at radius 1 is 1.00 bits per heavy atom. The minimum atomic E-state index is 0.571. The van der Waals surface area contributed by atoms with Crippen LogP contribution in [0.4, 0.5) is 0 Å². The van der Waals surface area contributed by atoms with E-state index in [0.717, 1.165) is 21.5 Å². The third kappa shape index (κ3) is 3.41. The first-order valence-corrected chi connectivity index (χ1v) is 8.12. The summed E-state index contributed by atoms with van der Waals surface area (Å²) in [5.41, 5.74) is 4.07. The van der Waals surface area contributed by atoms with Crippen LogP contribution in [0.1, 0.15) is 29.5 Å². The van der Waals surface area contributed by atoms with Crippen LogP contribution in [0.2, 0.25) is 0 Å². The Balaban J connectivity index is 1.68. The van der Waals surface area contributed by atoms with Crippen LogP contribution < -0.4 is 9.47 Å². The second-order valence-corrected chi connectivity index (χ2v) is 6.25. The molecule has 2 nitrogen and oxygen atoms in total.